The molecule has 0 unspecified atom stereocenters. The molecule has 8 nitrogen and oxygen atoms in total. The molecule has 0 fully saturated rings. The van der Waals surface area contributed by atoms with Crippen LogP contribution in [0.1, 0.15) is 66.7 Å². The van der Waals surface area contributed by atoms with Gasteiger partial charge in [0.05, 0.1) is 40.3 Å². The first-order valence-corrected chi connectivity index (χ1v) is 19.0. The topological polar surface area (TPSA) is 96.2 Å². The van der Waals surface area contributed by atoms with Crippen LogP contribution in [0.4, 0.5) is 0 Å². The number of benzene rings is 2. The number of esters is 1. The second kappa shape index (κ2) is 14.5. The fourth-order valence-electron chi connectivity index (χ4n) is 6.43. The van der Waals surface area contributed by atoms with Gasteiger partial charge in [0, 0.05) is 30.4 Å². The molecule has 4 rings (SSSR count). The maximum atomic E-state index is 12.3. The molecule has 2 aromatic carbocycles. The van der Waals surface area contributed by atoms with Crippen LogP contribution >= 0.6 is 0 Å². The lowest BCUT2D eigenvalue weighted by Crippen LogP contribution is -2.43. The Morgan fingerprint density at radius 3 is 1.98 bits per heavy atom. The standard InChI is InChI=1S/C37H51NO7Si/c1-24-32(42-5)17-28(18-33(24)43-6)36(45-46(8,9)37(2,3)4)31(16-25-14-26-12-10-11-13-27(26)15-25)23-38-21-29(19-34(39)40)30(22-38)20-35(41)44-7/h10-13,17-18,21-22,25,31,36H,14-16,19-20,23H2,1-9H3,(H,39,40)/t31-,36-/m1/s1. The first kappa shape index (κ1) is 35.3. The van der Waals surface area contributed by atoms with E-state index in [1.807, 2.05) is 23.9 Å². The lowest BCUT2D eigenvalue weighted by molar-refractivity contribution is -0.140. The maximum absolute atomic E-state index is 12.3. The Bertz CT molecular complexity index is 1490. The van der Waals surface area contributed by atoms with Crippen LogP contribution in [0.3, 0.4) is 0 Å². The molecule has 0 saturated carbocycles. The SMILES string of the molecule is COC(=O)Cc1cn(C[C@@H](CC2Cc3ccccc3C2)[C@H](O[Si](C)(C)C(C)(C)C)c2cc(OC)c(C)c(OC)c2)cc1CC(=O)O. The number of rotatable bonds is 14. The molecular weight excluding hydrogens is 598 g/mol. The largest absolute Gasteiger partial charge is 0.496 e. The maximum Gasteiger partial charge on any atom is 0.310 e. The van der Waals surface area contributed by atoms with Crippen molar-refractivity contribution in [1.29, 1.82) is 0 Å². The summed E-state index contributed by atoms with van der Waals surface area (Å²) in [5.41, 5.74) is 6.01. The molecule has 250 valence electrons. The lowest BCUT2D eigenvalue weighted by atomic mass is 9.85. The molecule has 0 radical (unpaired) electrons. The predicted molar refractivity (Wildman–Crippen MR) is 182 cm³/mol. The molecule has 0 saturated heterocycles. The molecule has 1 aliphatic rings. The van der Waals surface area contributed by atoms with E-state index < -0.39 is 20.3 Å². The van der Waals surface area contributed by atoms with Crippen LogP contribution in [0.25, 0.3) is 0 Å². The third-order valence-electron chi connectivity index (χ3n) is 9.94. The van der Waals surface area contributed by atoms with Gasteiger partial charge in [0.25, 0.3) is 0 Å². The summed E-state index contributed by atoms with van der Waals surface area (Å²) in [6.07, 6.45) is 6.25. The smallest absolute Gasteiger partial charge is 0.310 e. The molecular formula is C37H51NO7Si. The molecule has 9 heteroatoms. The van der Waals surface area contributed by atoms with Crippen LogP contribution in [-0.2, 0) is 51.0 Å². The van der Waals surface area contributed by atoms with E-state index >= 15 is 0 Å². The summed E-state index contributed by atoms with van der Waals surface area (Å²) in [5, 5.41) is 9.61. The Labute approximate surface area is 275 Å². The zero-order valence-electron chi connectivity index (χ0n) is 28.9. The van der Waals surface area contributed by atoms with Crippen molar-refractivity contribution in [3.63, 3.8) is 0 Å². The van der Waals surface area contributed by atoms with Crippen LogP contribution in [0, 0.1) is 18.8 Å². The number of methoxy groups -OCH3 is 3. The Hall–Kier alpha value is -3.56. The minimum absolute atomic E-state index is 0.0154. The van der Waals surface area contributed by atoms with Crippen LogP contribution in [0.15, 0.2) is 48.8 Å². The normalized spacial score (nSPS) is 14.9. The Balaban J connectivity index is 1.83. The summed E-state index contributed by atoms with van der Waals surface area (Å²) >= 11 is 0. The molecule has 2 atom stereocenters. The van der Waals surface area contributed by atoms with Crippen molar-refractivity contribution >= 4 is 20.3 Å². The zero-order chi connectivity index (χ0) is 33.8. The molecule has 1 aliphatic carbocycles. The number of carboxylic acid groups (broad SMARTS) is 1. The average Bonchev–Trinajstić information content (AvgIpc) is 3.57. The van der Waals surface area contributed by atoms with E-state index in [-0.39, 0.29) is 29.9 Å². The van der Waals surface area contributed by atoms with E-state index in [1.165, 1.54) is 18.2 Å². The average molecular weight is 650 g/mol. The number of fused-ring (bicyclic) bond motifs is 1. The summed E-state index contributed by atoms with van der Waals surface area (Å²) in [4.78, 5) is 24.0. The second-order valence-corrected chi connectivity index (χ2v) is 19.0. The Kier molecular flexibility index (Phi) is 11.1. The number of aliphatic carboxylic acids is 1. The Morgan fingerprint density at radius 2 is 1.50 bits per heavy atom. The van der Waals surface area contributed by atoms with Crippen molar-refractivity contribution in [3.8, 4) is 11.5 Å². The quantitative estimate of drug-likeness (QED) is 0.144. The van der Waals surface area contributed by atoms with Gasteiger partial charge in [0.1, 0.15) is 11.5 Å². The van der Waals surface area contributed by atoms with Crippen molar-refractivity contribution in [3.05, 3.63) is 82.2 Å². The van der Waals surface area contributed by atoms with Crippen LogP contribution in [0.5, 0.6) is 11.5 Å². The van der Waals surface area contributed by atoms with E-state index in [0.717, 1.165) is 41.9 Å². The van der Waals surface area contributed by atoms with Crippen LogP contribution < -0.4 is 9.47 Å². The predicted octanol–water partition coefficient (Wildman–Crippen LogP) is 7.34. The van der Waals surface area contributed by atoms with Crippen molar-refractivity contribution in [2.75, 3.05) is 21.3 Å². The fraction of sp³-hybridized carbons (Fsp3) is 0.514. The summed E-state index contributed by atoms with van der Waals surface area (Å²) < 4.78 is 26.0. The van der Waals surface area contributed by atoms with Gasteiger partial charge < -0.3 is 28.3 Å². The monoisotopic (exact) mass is 649 g/mol. The number of carboxylic acids is 1. The van der Waals surface area contributed by atoms with Crippen molar-refractivity contribution in [2.24, 2.45) is 11.8 Å². The third kappa shape index (κ3) is 8.23. The van der Waals surface area contributed by atoms with Crippen LogP contribution in [0.2, 0.25) is 18.1 Å². The van der Waals surface area contributed by atoms with E-state index in [1.54, 1.807) is 14.2 Å². The summed E-state index contributed by atoms with van der Waals surface area (Å²) in [6.45, 7) is 13.9. The van der Waals surface area contributed by atoms with Crippen LogP contribution in [-0.4, -0.2) is 51.3 Å². The highest BCUT2D eigenvalue weighted by molar-refractivity contribution is 6.74. The van der Waals surface area contributed by atoms with E-state index in [0.29, 0.717) is 23.6 Å². The van der Waals surface area contributed by atoms with Gasteiger partial charge >= 0.3 is 11.9 Å². The lowest BCUT2D eigenvalue weighted by Gasteiger charge is -2.42. The van der Waals surface area contributed by atoms with Crippen molar-refractivity contribution in [1.82, 2.24) is 4.57 Å². The number of aromatic nitrogens is 1. The van der Waals surface area contributed by atoms with Gasteiger partial charge in [-0.3, -0.25) is 9.59 Å². The Morgan fingerprint density at radius 1 is 0.957 bits per heavy atom. The molecule has 0 aliphatic heterocycles. The van der Waals surface area contributed by atoms with E-state index in [4.69, 9.17) is 18.6 Å². The van der Waals surface area contributed by atoms with Crippen molar-refractivity contribution < 1.29 is 33.3 Å². The minimum atomic E-state index is -2.30. The number of ether oxygens (including phenoxy) is 3. The highest BCUT2D eigenvalue weighted by Crippen LogP contribution is 2.46. The number of hydrogen-bond acceptors (Lipinski definition) is 6. The molecule has 1 N–H and O–H groups in total. The van der Waals surface area contributed by atoms with Gasteiger partial charge in [-0.25, -0.2) is 0 Å². The molecule has 0 spiro atoms. The summed E-state index contributed by atoms with van der Waals surface area (Å²) in [6, 6.07) is 12.8. The summed E-state index contributed by atoms with van der Waals surface area (Å²) in [5.74, 6) is 0.586. The molecule has 0 bridgehead atoms. The molecule has 0 amide bonds. The fourth-order valence-corrected chi connectivity index (χ4v) is 7.75. The third-order valence-corrected chi connectivity index (χ3v) is 14.4. The summed E-state index contributed by atoms with van der Waals surface area (Å²) in [7, 11) is 2.39. The number of carbonyl (C=O) groups excluding carboxylic acids is 1. The zero-order valence-corrected chi connectivity index (χ0v) is 29.9. The molecule has 1 aromatic heterocycles. The first-order chi connectivity index (χ1) is 21.6. The highest BCUT2D eigenvalue weighted by Gasteiger charge is 2.42. The van der Waals surface area contributed by atoms with Gasteiger partial charge in [-0.2, -0.15) is 0 Å². The minimum Gasteiger partial charge on any atom is -0.496 e. The van der Waals surface area contributed by atoms with E-state index in [2.05, 4.69) is 70.3 Å². The highest BCUT2D eigenvalue weighted by atomic mass is 28.4. The number of hydrogen-bond donors (Lipinski definition) is 1. The van der Waals surface area contributed by atoms with Gasteiger partial charge in [-0.05, 0) is 90.2 Å². The molecule has 46 heavy (non-hydrogen) atoms. The van der Waals surface area contributed by atoms with Gasteiger partial charge in [0.15, 0.2) is 8.32 Å². The molecule has 3 aromatic rings. The van der Waals surface area contributed by atoms with Gasteiger partial charge in [0.2, 0.25) is 0 Å². The number of carbonyl (C=O) groups is 2. The van der Waals surface area contributed by atoms with E-state index in [9.17, 15) is 14.7 Å². The number of nitrogens with zero attached hydrogens (tertiary/aromatic N) is 1. The van der Waals surface area contributed by atoms with Gasteiger partial charge in [-0.1, -0.05) is 45.0 Å². The van der Waals surface area contributed by atoms with Crippen molar-refractivity contribution in [2.45, 2.75) is 90.6 Å². The first-order valence-electron chi connectivity index (χ1n) is 16.1. The van der Waals surface area contributed by atoms with Gasteiger partial charge in [-0.15, -0.1) is 0 Å². The molecule has 1 heterocycles. The second-order valence-electron chi connectivity index (χ2n) is 14.2.